The van der Waals surface area contributed by atoms with Crippen LogP contribution in [0.5, 0.6) is 0 Å². The Labute approximate surface area is 105 Å². The molecule has 0 unspecified atom stereocenters. The summed E-state index contributed by atoms with van der Waals surface area (Å²) in [4.78, 5) is 11.7. The second kappa shape index (κ2) is 6.16. The van der Waals surface area contributed by atoms with Crippen LogP contribution >= 0.6 is 0 Å². The first-order valence-corrected chi connectivity index (χ1v) is 6.11. The van der Waals surface area contributed by atoms with E-state index < -0.39 is 0 Å². The summed E-state index contributed by atoms with van der Waals surface area (Å²) in [7, 11) is 0. The molecule has 0 saturated carbocycles. The molecule has 0 aliphatic heterocycles. The maximum atomic E-state index is 11.7. The molecule has 0 radical (unpaired) electrons. The summed E-state index contributed by atoms with van der Waals surface area (Å²) in [5.74, 6) is -0.0360. The van der Waals surface area contributed by atoms with E-state index in [-0.39, 0.29) is 12.3 Å². The fourth-order valence-corrected chi connectivity index (χ4v) is 1.78. The molecule has 2 rings (SSSR count). The number of benzene rings is 1. The van der Waals surface area contributed by atoms with Crippen molar-refractivity contribution in [2.24, 2.45) is 5.73 Å². The second-order valence-electron chi connectivity index (χ2n) is 4.15. The lowest BCUT2D eigenvalue weighted by molar-refractivity contribution is -0.120. The lowest BCUT2D eigenvalue weighted by Gasteiger charge is -2.02. The van der Waals surface area contributed by atoms with Crippen LogP contribution in [-0.4, -0.2) is 24.2 Å². The Morgan fingerprint density at radius 1 is 1.33 bits per heavy atom. The van der Waals surface area contributed by atoms with Crippen LogP contribution in [0.25, 0.3) is 11.0 Å². The number of fused-ring (bicyclic) bond motifs is 1. The SMILES string of the molecule is NCCCCNC(=O)Cc1noc2ccccc12. The molecule has 0 aliphatic carbocycles. The van der Waals surface area contributed by atoms with Gasteiger partial charge in [-0.1, -0.05) is 17.3 Å². The van der Waals surface area contributed by atoms with Gasteiger partial charge in [0, 0.05) is 11.9 Å². The Balaban J connectivity index is 1.91. The van der Waals surface area contributed by atoms with Crippen molar-refractivity contribution in [2.75, 3.05) is 13.1 Å². The number of aromatic nitrogens is 1. The van der Waals surface area contributed by atoms with Gasteiger partial charge < -0.3 is 15.6 Å². The molecule has 1 amide bonds. The minimum atomic E-state index is -0.0360. The topological polar surface area (TPSA) is 81.1 Å². The molecule has 1 aromatic heterocycles. The molecule has 5 nitrogen and oxygen atoms in total. The van der Waals surface area contributed by atoms with Crippen LogP contribution in [0.1, 0.15) is 18.5 Å². The number of nitrogens with zero attached hydrogens (tertiary/aromatic N) is 1. The van der Waals surface area contributed by atoms with Gasteiger partial charge in [0.25, 0.3) is 0 Å². The third-order valence-electron chi connectivity index (χ3n) is 2.73. The van der Waals surface area contributed by atoms with E-state index in [1.807, 2.05) is 24.3 Å². The molecule has 5 heteroatoms. The average molecular weight is 247 g/mol. The fraction of sp³-hybridized carbons (Fsp3) is 0.385. The van der Waals surface area contributed by atoms with Crippen molar-refractivity contribution in [3.8, 4) is 0 Å². The van der Waals surface area contributed by atoms with Crippen molar-refractivity contribution in [1.82, 2.24) is 10.5 Å². The lowest BCUT2D eigenvalue weighted by Crippen LogP contribution is -2.26. The van der Waals surface area contributed by atoms with Crippen LogP contribution in [0.2, 0.25) is 0 Å². The van der Waals surface area contributed by atoms with Gasteiger partial charge in [-0.05, 0) is 31.5 Å². The average Bonchev–Trinajstić information content (AvgIpc) is 2.78. The maximum Gasteiger partial charge on any atom is 0.226 e. The van der Waals surface area contributed by atoms with Gasteiger partial charge in [-0.25, -0.2) is 0 Å². The number of carbonyl (C=O) groups is 1. The van der Waals surface area contributed by atoms with Crippen molar-refractivity contribution in [1.29, 1.82) is 0 Å². The molecular formula is C13H17N3O2. The van der Waals surface area contributed by atoms with E-state index in [1.54, 1.807) is 0 Å². The number of amides is 1. The van der Waals surface area contributed by atoms with Gasteiger partial charge in [0.15, 0.2) is 5.58 Å². The number of rotatable bonds is 6. The molecule has 0 spiro atoms. The predicted molar refractivity (Wildman–Crippen MR) is 69.0 cm³/mol. The molecular weight excluding hydrogens is 230 g/mol. The molecule has 0 saturated heterocycles. The van der Waals surface area contributed by atoms with Crippen LogP contribution in [0.3, 0.4) is 0 Å². The third kappa shape index (κ3) is 3.07. The van der Waals surface area contributed by atoms with E-state index in [4.69, 9.17) is 10.3 Å². The molecule has 3 N–H and O–H groups in total. The zero-order valence-corrected chi connectivity index (χ0v) is 10.2. The maximum absolute atomic E-state index is 11.7. The molecule has 0 atom stereocenters. The lowest BCUT2D eigenvalue weighted by atomic mass is 10.1. The third-order valence-corrected chi connectivity index (χ3v) is 2.73. The summed E-state index contributed by atoms with van der Waals surface area (Å²) in [5.41, 5.74) is 6.78. The number of carbonyl (C=O) groups excluding carboxylic acids is 1. The molecule has 0 fully saturated rings. The zero-order valence-electron chi connectivity index (χ0n) is 10.2. The summed E-state index contributed by atoms with van der Waals surface area (Å²) >= 11 is 0. The molecule has 96 valence electrons. The molecule has 0 bridgehead atoms. The van der Waals surface area contributed by atoms with Gasteiger partial charge in [0.2, 0.25) is 5.91 Å². The zero-order chi connectivity index (χ0) is 12.8. The number of hydrogen-bond acceptors (Lipinski definition) is 4. The van der Waals surface area contributed by atoms with E-state index in [0.29, 0.717) is 24.4 Å². The van der Waals surface area contributed by atoms with Gasteiger partial charge in [0.1, 0.15) is 5.69 Å². The molecule has 18 heavy (non-hydrogen) atoms. The highest BCUT2D eigenvalue weighted by Crippen LogP contribution is 2.17. The highest BCUT2D eigenvalue weighted by atomic mass is 16.5. The first kappa shape index (κ1) is 12.6. The van der Waals surface area contributed by atoms with Crippen molar-refractivity contribution < 1.29 is 9.32 Å². The number of nitrogens with two attached hydrogens (primary N) is 1. The van der Waals surface area contributed by atoms with E-state index in [9.17, 15) is 4.79 Å². The Morgan fingerprint density at radius 2 is 2.17 bits per heavy atom. The number of para-hydroxylation sites is 1. The van der Waals surface area contributed by atoms with E-state index in [0.717, 1.165) is 18.2 Å². The minimum absolute atomic E-state index is 0.0360. The van der Waals surface area contributed by atoms with Crippen LogP contribution < -0.4 is 11.1 Å². The van der Waals surface area contributed by atoms with Crippen molar-refractivity contribution in [3.05, 3.63) is 30.0 Å². The van der Waals surface area contributed by atoms with Crippen molar-refractivity contribution >= 4 is 16.9 Å². The Bertz CT molecular complexity index is 522. The van der Waals surface area contributed by atoms with Gasteiger partial charge >= 0.3 is 0 Å². The summed E-state index contributed by atoms with van der Waals surface area (Å²) in [5, 5.41) is 7.67. The Hall–Kier alpha value is -1.88. The number of unbranched alkanes of at least 4 members (excludes halogenated alkanes) is 1. The van der Waals surface area contributed by atoms with Crippen LogP contribution in [0.4, 0.5) is 0 Å². The molecule has 1 heterocycles. The van der Waals surface area contributed by atoms with Gasteiger partial charge in [-0.3, -0.25) is 4.79 Å². The van der Waals surface area contributed by atoms with Gasteiger partial charge in [-0.15, -0.1) is 0 Å². The quantitative estimate of drug-likeness (QED) is 0.752. The van der Waals surface area contributed by atoms with E-state index >= 15 is 0 Å². The standard InChI is InChI=1S/C13H17N3O2/c14-7-3-4-8-15-13(17)9-11-10-5-1-2-6-12(10)18-16-11/h1-2,5-6H,3-4,7-9,14H2,(H,15,17). The second-order valence-corrected chi connectivity index (χ2v) is 4.15. The summed E-state index contributed by atoms with van der Waals surface area (Å²) < 4.78 is 5.15. The summed E-state index contributed by atoms with van der Waals surface area (Å²) in [6, 6.07) is 7.53. The van der Waals surface area contributed by atoms with Crippen LogP contribution in [0.15, 0.2) is 28.8 Å². The number of hydrogen-bond donors (Lipinski definition) is 2. The van der Waals surface area contributed by atoms with Gasteiger partial charge in [-0.2, -0.15) is 0 Å². The summed E-state index contributed by atoms with van der Waals surface area (Å²) in [6.07, 6.45) is 2.08. The minimum Gasteiger partial charge on any atom is -0.356 e. The first-order valence-electron chi connectivity index (χ1n) is 6.11. The largest absolute Gasteiger partial charge is 0.356 e. The predicted octanol–water partition coefficient (Wildman–Crippen LogP) is 1.23. The normalized spacial score (nSPS) is 10.7. The van der Waals surface area contributed by atoms with Crippen LogP contribution in [0, 0.1) is 0 Å². The smallest absolute Gasteiger partial charge is 0.226 e. The fourth-order valence-electron chi connectivity index (χ4n) is 1.78. The monoisotopic (exact) mass is 247 g/mol. The Kier molecular flexibility index (Phi) is 4.30. The van der Waals surface area contributed by atoms with Crippen LogP contribution in [-0.2, 0) is 11.2 Å². The summed E-state index contributed by atoms with van der Waals surface area (Å²) in [6.45, 7) is 1.32. The van der Waals surface area contributed by atoms with Crippen molar-refractivity contribution in [3.63, 3.8) is 0 Å². The molecule has 2 aromatic rings. The van der Waals surface area contributed by atoms with Crippen molar-refractivity contribution in [2.45, 2.75) is 19.3 Å². The highest BCUT2D eigenvalue weighted by molar-refractivity contribution is 5.86. The highest BCUT2D eigenvalue weighted by Gasteiger charge is 2.11. The van der Waals surface area contributed by atoms with Gasteiger partial charge in [0.05, 0.1) is 6.42 Å². The number of nitrogens with one attached hydrogen (secondary N) is 1. The molecule has 1 aromatic carbocycles. The Morgan fingerprint density at radius 3 is 3.00 bits per heavy atom. The molecule has 0 aliphatic rings. The first-order chi connectivity index (χ1) is 8.81. The van der Waals surface area contributed by atoms with E-state index in [2.05, 4.69) is 10.5 Å². The van der Waals surface area contributed by atoms with E-state index in [1.165, 1.54) is 0 Å².